The summed E-state index contributed by atoms with van der Waals surface area (Å²) in [5.74, 6) is -2.58. The summed E-state index contributed by atoms with van der Waals surface area (Å²) in [6.45, 7) is 0. The van der Waals surface area contributed by atoms with E-state index in [2.05, 4.69) is 10.5 Å². The van der Waals surface area contributed by atoms with Crippen LogP contribution >= 0.6 is 23.2 Å². The molecular weight excluding hydrogens is 359 g/mol. The first-order valence-electron chi connectivity index (χ1n) is 6.45. The van der Waals surface area contributed by atoms with Crippen molar-refractivity contribution in [2.75, 3.05) is 7.11 Å². The van der Waals surface area contributed by atoms with Crippen LogP contribution < -0.4 is 10.2 Å². The van der Waals surface area contributed by atoms with Crippen LogP contribution in [0.25, 0.3) is 0 Å². The van der Waals surface area contributed by atoms with E-state index in [0.717, 1.165) is 12.1 Å². The minimum Gasteiger partial charge on any atom is -0.504 e. The summed E-state index contributed by atoms with van der Waals surface area (Å²) in [6, 6.07) is 5.22. The molecule has 0 bridgehead atoms. The van der Waals surface area contributed by atoms with Crippen molar-refractivity contribution in [3.8, 4) is 23.0 Å². The standard InChI is InChI=1S/C15H12Cl2N2O5/c1-24-14-7(4-8(16)5-10(14)17)6-18-19-15(23)9-2-3-11(20)13(22)12(9)21/h2-6,20-22H,1H3,(H,19,23)/b18-6+. The Morgan fingerprint density at radius 3 is 2.58 bits per heavy atom. The fourth-order valence-electron chi connectivity index (χ4n) is 1.86. The molecule has 1 amide bonds. The van der Waals surface area contributed by atoms with Gasteiger partial charge >= 0.3 is 0 Å². The lowest BCUT2D eigenvalue weighted by Gasteiger charge is -2.08. The number of carbonyl (C=O) groups is 1. The Balaban J connectivity index is 2.21. The first kappa shape index (κ1) is 17.7. The van der Waals surface area contributed by atoms with Gasteiger partial charge in [-0.1, -0.05) is 23.2 Å². The number of phenolic OH excluding ortho intramolecular Hbond substituents is 3. The Hall–Kier alpha value is -2.64. The molecule has 0 aromatic heterocycles. The Kier molecular flexibility index (Phi) is 5.38. The third kappa shape index (κ3) is 3.64. The molecule has 0 aliphatic carbocycles. The number of aromatic hydroxyl groups is 3. The van der Waals surface area contributed by atoms with Crippen LogP contribution in [0, 0.1) is 0 Å². The average Bonchev–Trinajstić information content (AvgIpc) is 2.52. The second-order valence-electron chi connectivity index (χ2n) is 4.54. The Morgan fingerprint density at radius 2 is 1.92 bits per heavy atom. The second-order valence-corrected chi connectivity index (χ2v) is 5.38. The van der Waals surface area contributed by atoms with Crippen molar-refractivity contribution in [3.63, 3.8) is 0 Å². The van der Waals surface area contributed by atoms with Gasteiger partial charge in [0.1, 0.15) is 5.75 Å². The summed E-state index contributed by atoms with van der Waals surface area (Å²) in [5, 5.41) is 32.6. The number of hydrogen-bond acceptors (Lipinski definition) is 6. The van der Waals surface area contributed by atoms with Gasteiger partial charge in [-0.05, 0) is 24.3 Å². The first-order chi connectivity index (χ1) is 11.3. The summed E-state index contributed by atoms with van der Waals surface area (Å²) in [5.41, 5.74) is 2.32. The lowest BCUT2D eigenvalue weighted by molar-refractivity contribution is 0.0951. The third-order valence-electron chi connectivity index (χ3n) is 2.99. The molecule has 0 unspecified atom stereocenters. The summed E-state index contributed by atoms with van der Waals surface area (Å²) in [7, 11) is 1.42. The number of amides is 1. The number of halogens is 2. The van der Waals surface area contributed by atoms with E-state index < -0.39 is 23.2 Å². The van der Waals surface area contributed by atoms with Gasteiger partial charge in [0.05, 0.1) is 23.9 Å². The fourth-order valence-corrected chi connectivity index (χ4v) is 2.45. The molecule has 4 N–H and O–H groups in total. The van der Waals surface area contributed by atoms with E-state index in [9.17, 15) is 20.1 Å². The predicted molar refractivity (Wildman–Crippen MR) is 89.5 cm³/mol. The molecule has 0 fully saturated rings. The smallest absolute Gasteiger partial charge is 0.275 e. The molecular formula is C15H12Cl2N2O5. The van der Waals surface area contributed by atoms with Crippen LogP contribution in [0.5, 0.6) is 23.0 Å². The number of ether oxygens (including phenoxy) is 1. The van der Waals surface area contributed by atoms with Crippen LogP contribution in [-0.2, 0) is 0 Å². The molecule has 0 atom stereocenters. The van der Waals surface area contributed by atoms with Crippen molar-refractivity contribution in [2.45, 2.75) is 0 Å². The minimum absolute atomic E-state index is 0.265. The summed E-state index contributed by atoms with van der Waals surface area (Å²) in [6.07, 6.45) is 1.26. The molecule has 0 saturated heterocycles. The van der Waals surface area contributed by atoms with E-state index >= 15 is 0 Å². The molecule has 0 spiro atoms. The number of nitrogens with zero attached hydrogens (tertiary/aromatic N) is 1. The highest BCUT2D eigenvalue weighted by Crippen LogP contribution is 2.37. The Morgan fingerprint density at radius 1 is 1.21 bits per heavy atom. The molecule has 0 aliphatic rings. The van der Waals surface area contributed by atoms with E-state index in [1.54, 1.807) is 0 Å². The number of hydrogen-bond donors (Lipinski definition) is 4. The SMILES string of the molecule is COc1c(Cl)cc(Cl)cc1/C=N/NC(=O)c1ccc(O)c(O)c1O. The quantitative estimate of drug-likeness (QED) is 0.375. The molecule has 0 saturated carbocycles. The Bertz CT molecular complexity index is 824. The normalized spacial score (nSPS) is 10.8. The first-order valence-corrected chi connectivity index (χ1v) is 7.21. The molecule has 24 heavy (non-hydrogen) atoms. The number of carbonyl (C=O) groups excluding carboxylic acids is 1. The summed E-state index contributed by atoms with van der Waals surface area (Å²) in [4.78, 5) is 11.9. The monoisotopic (exact) mass is 370 g/mol. The van der Waals surface area contributed by atoms with Gasteiger partial charge in [-0.25, -0.2) is 5.43 Å². The Labute approximate surface area is 146 Å². The zero-order valence-corrected chi connectivity index (χ0v) is 13.8. The molecule has 0 aliphatic heterocycles. The van der Waals surface area contributed by atoms with Crippen molar-refractivity contribution >= 4 is 35.3 Å². The third-order valence-corrected chi connectivity index (χ3v) is 3.48. The van der Waals surface area contributed by atoms with Crippen LogP contribution in [0.3, 0.4) is 0 Å². The number of methoxy groups -OCH3 is 1. The van der Waals surface area contributed by atoms with Crippen LogP contribution in [0.2, 0.25) is 10.0 Å². The minimum atomic E-state index is -0.800. The van der Waals surface area contributed by atoms with Crippen molar-refractivity contribution in [3.05, 3.63) is 45.4 Å². The highest BCUT2D eigenvalue weighted by molar-refractivity contribution is 6.36. The average molecular weight is 371 g/mol. The number of phenols is 3. The maximum atomic E-state index is 11.9. The van der Waals surface area contributed by atoms with Crippen molar-refractivity contribution in [1.29, 1.82) is 0 Å². The van der Waals surface area contributed by atoms with Gasteiger partial charge in [0.25, 0.3) is 5.91 Å². The van der Waals surface area contributed by atoms with Crippen molar-refractivity contribution < 1.29 is 24.9 Å². The topological polar surface area (TPSA) is 111 Å². The van der Waals surface area contributed by atoms with Gasteiger partial charge in [-0.3, -0.25) is 4.79 Å². The molecule has 7 nitrogen and oxygen atoms in total. The lowest BCUT2D eigenvalue weighted by Crippen LogP contribution is -2.17. The zero-order valence-electron chi connectivity index (χ0n) is 12.2. The lowest BCUT2D eigenvalue weighted by atomic mass is 10.1. The second kappa shape index (κ2) is 7.29. The molecule has 2 aromatic rings. The van der Waals surface area contributed by atoms with Crippen LogP contribution in [0.15, 0.2) is 29.4 Å². The summed E-state index contributed by atoms with van der Waals surface area (Å²) >= 11 is 11.9. The fraction of sp³-hybridized carbons (Fsp3) is 0.0667. The maximum absolute atomic E-state index is 11.9. The van der Waals surface area contributed by atoms with Gasteiger partial charge in [0.2, 0.25) is 5.75 Å². The molecule has 2 aromatic carbocycles. The van der Waals surface area contributed by atoms with Crippen LogP contribution in [0.1, 0.15) is 15.9 Å². The van der Waals surface area contributed by atoms with E-state index in [1.165, 1.54) is 25.5 Å². The van der Waals surface area contributed by atoms with Crippen LogP contribution in [-0.4, -0.2) is 34.6 Å². The molecule has 0 radical (unpaired) electrons. The van der Waals surface area contributed by atoms with E-state index in [1.807, 2.05) is 0 Å². The predicted octanol–water partition coefficient (Wildman–Crippen LogP) is 2.88. The zero-order chi connectivity index (χ0) is 17.9. The molecule has 0 heterocycles. The van der Waals surface area contributed by atoms with Gasteiger partial charge in [0, 0.05) is 10.6 Å². The number of nitrogens with one attached hydrogen (secondary N) is 1. The number of rotatable bonds is 4. The molecule has 126 valence electrons. The van der Waals surface area contributed by atoms with Crippen molar-refractivity contribution in [2.24, 2.45) is 5.10 Å². The van der Waals surface area contributed by atoms with E-state index in [-0.39, 0.29) is 10.6 Å². The summed E-state index contributed by atoms with van der Waals surface area (Å²) < 4.78 is 5.13. The molecule has 2 rings (SSSR count). The van der Waals surface area contributed by atoms with Gasteiger partial charge < -0.3 is 20.1 Å². The largest absolute Gasteiger partial charge is 0.504 e. The maximum Gasteiger partial charge on any atom is 0.275 e. The van der Waals surface area contributed by atoms with Crippen LogP contribution in [0.4, 0.5) is 0 Å². The van der Waals surface area contributed by atoms with Crippen molar-refractivity contribution in [1.82, 2.24) is 5.43 Å². The molecule has 9 heteroatoms. The number of benzene rings is 2. The van der Waals surface area contributed by atoms with Gasteiger partial charge in [0.15, 0.2) is 11.5 Å². The highest BCUT2D eigenvalue weighted by Gasteiger charge is 2.16. The van der Waals surface area contributed by atoms with Gasteiger partial charge in [-0.15, -0.1) is 0 Å². The van der Waals surface area contributed by atoms with E-state index in [4.69, 9.17) is 27.9 Å². The van der Waals surface area contributed by atoms with E-state index in [0.29, 0.717) is 16.3 Å². The highest BCUT2D eigenvalue weighted by atomic mass is 35.5. The van der Waals surface area contributed by atoms with Gasteiger partial charge in [-0.2, -0.15) is 5.10 Å². The number of hydrazone groups is 1.